The Kier molecular flexibility index (Phi) is 1.86. The summed E-state index contributed by atoms with van der Waals surface area (Å²) in [6.07, 6.45) is 0. The molecule has 48 valence electrons. The highest BCUT2D eigenvalue weighted by Gasteiger charge is 2.07. The molecule has 0 unspecified atom stereocenters. The second kappa shape index (κ2) is 2.66. The van der Waals surface area contributed by atoms with Crippen LogP contribution in [0.25, 0.3) is 0 Å². The van der Waals surface area contributed by atoms with E-state index in [0.29, 0.717) is 0 Å². The molecule has 0 atom stereocenters. The Bertz CT molecular complexity index is 298. The lowest BCUT2D eigenvalue weighted by atomic mass is 10.4. The van der Waals surface area contributed by atoms with Gasteiger partial charge in [-0.15, -0.1) is 0 Å². The third-order valence-electron chi connectivity index (χ3n) is 0.809. The number of nitrogens with zero attached hydrogens (tertiary/aromatic N) is 3. The third-order valence-corrected chi connectivity index (χ3v) is 1.87. The number of nitriles is 2. The molecule has 0 amide bonds. The molecule has 0 aliphatic carbocycles. The Morgan fingerprint density at radius 1 is 1.40 bits per heavy atom. The number of aromatic nitrogens is 1. The van der Waals surface area contributed by atoms with Gasteiger partial charge in [0.25, 0.3) is 0 Å². The van der Waals surface area contributed by atoms with Crippen LogP contribution in [0.2, 0.25) is 4.47 Å². The van der Waals surface area contributed by atoms with Gasteiger partial charge in [0, 0.05) is 0 Å². The first-order valence-electron chi connectivity index (χ1n) is 2.24. The van der Waals surface area contributed by atoms with E-state index in [1.54, 1.807) is 6.07 Å². The van der Waals surface area contributed by atoms with E-state index in [4.69, 9.17) is 22.1 Å². The van der Waals surface area contributed by atoms with Gasteiger partial charge < -0.3 is 0 Å². The molecule has 0 saturated heterocycles. The molecule has 5 heteroatoms. The molecule has 1 aromatic heterocycles. The van der Waals surface area contributed by atoms with Gasteiger partial charge in [-0.2, -0.15) is 10.5 Å². The van der Waals surface area contributed by atoms with Crippen LogP contribution in [0, 0.1) is 22.7 Å². The average molecular weight is 170 g/mol. The Hall–Kier alpha value is -1.10. The fourth-order valence-corrected chi connectivity index (χ4v) is 1.30. The quantitative estimate of drug-likeness (QED) is 0.592. The molecular formula is C5ClN3S. The van der Waals surface area contributed by atoms with E-state index in [1.165, 1.54) is 0 Å². The summed E-state index contributed by atoms with van der Waals surface area (Å²) in [4.78, 5) is 3.87. The van der Waals surface area contributed by atoms with Crippen LogP contribution in [0.4, 0.5) is 0 Å². The summed E-state index contributed by atoms with van der Waals surface area (Å²) in [6.45, 7) is 0. The maximum absolute atomic E-state index is 8.37. The lowest BCUT2D eigenvalue weighted by molar-refractivity contribution is 1.32. The second-order valence-corrected chi connectivity index (χ2v) is 2.95. The third kappa shape index (κ3) is 1.08. The van der Waals surface area contributed by atoms with Crippen LogP contribution in [-0.4, -0.2) is 4.98 Å². The minimum Gasteiger partial charge on any atom is -0.213 e. The molecule has 0 saturated carbocycles. The van der Waals surface area contributed by atoms with E-state index in [1.807, 2.05) is 6.07 Å². The van der Waals surface area contributed by atoms with Crippen LogP contribution in [0.15, 0.2) is 0 Å². The van der Waals surface area contributed by atoms with Crippen molar-refractivity contribution in [2.24, 2.45) is 0 Å². The van der Waals surface area contributed by atoms with Crippen LogP contribution >= 0.6 is 22.9 Å². The Balaban J connectivity index is 3.28. The lowest BCUT2D eigenvalue weighted by Crippen LogP contribution is -1.74. The first kappa shape index (κ1) is 7.01. The van der Waals surface area contributed by atoms with Gasteiger partial charge in [0.1, 0.15) is 17.0 Å². The fourth-order valence-electron chi connectivity index (χ4n) is 0.446. The summed E-state index contributed by atoms with van der Waals surface area (Å²) in [5, 5.41) is 16.7. The van der Waals surface area contributed by atoms with Gasteiger partial charge in [0.15, 0.2) is 10.2 Å². The summed E-state index contributed by atoms with van der Waals surface area (Å²) < 4.78 is 0.230. The van der Waals surface area contributed by atoms with E-state index in [9.17, 15) is 0 Å². The normalized spacial score (nSPS) is 8.30. The highest BCUT2D eigenvalue weighted by molar-refractivity contribution is 7.16. The van der Waals surface area contributed by atoms with Crippen LogP contribution < -0.4 is 0 Å². The number of thiazole rings is 1. The molecule has 0 bridgehead atoms. The smallest absolute Gasteiger partial charge is 0.186 e. The van der Waals surface area contributed by atoms with Crippen molar-refractivity contribution in [1.82, 2.24) is 4.98 Å². The Labute approximate surface area is 66.1 Å². The Morgan fingerprint density at radius 3 is 2.50 bits per heavy atom. The molecule has 0 N–H and O–H groups in total. The van der Waals surface area contributed by atoms with Crippen LogP contribution in [0.1, 0.15) is 10.6 Å². The first-order chi connectivity index (χ1) is 4.77. The summed E-state index contributed by atoms with van der Waals surface area (Å²) in [5.41, 5.74) is 0.109. The molecule has 0 aromatic carbocycles. The topological polar surface area (TPSA) is 60.5 Å². The largest absolute Gasteiger partial charge is 0.213 e. The van der Waals surface area contributed by atoms with E-state index >= 15 is 0 Å². The number of halogens is 1. The van der Waals surface area contributed by atoms with E-state index < -0.39 is 0 Å². The maximum atomic E-state index is 8.37. The van der Waals surface area contributed by atoms with Gasteiger partial charge in [-0.05, 0) is 0 Å². The highest BCUT2D eigenvalue weighted by atomic mass is 35.5. The van der Waals surface area contributed by atoms with Crippen molar-refractivity contribution < 1.29 is 0 Å². The van der Waals surface area contributed by atoms with E-state index in [2.05, 4.69) is 4.98 Å². The predicted octanol–water partition coefficient (Wildman–Crippen LogP) is 1.54. The van der Waals surface area contributed by atoms with Crippen molar-refractivity contribution in [2.45, 2.75) is 0 Å². The summed E-state index contributed by atoms with van der Waals surface area (Å²) in [6, 6.07) is 3.58. The van der Waals surface area contributed by atoms with Crippen LogP contribution in [0.3, 0.4) is 0 Å². The van der Waals surface area contributed by atoms with Gasteiger partial charge in [0.2, 0.25) is 0 Å². The SMILES string of the molecule is N#Cc1nc(Cl)sc1C#N. The molecular weight excluding hydrogens is 170 g/mol. The van der Waals surface area contributed by atoms with Crippen molar-refractivity contribution in [1.29, 1.82) is 10.5 Å². The second-order valence-electron chi connectivity index (χ2n) is 1.37. The van der Waals surface area contributed by atoms with Crippen molar-refractivity contribution >= 4 is 22.9 Å². The lowest BCUT2D eigenvalue weighted by Gasteiger charge is -1.71. The molecule has 1 aromatic rings. The number of hydrogen-bond acceptors (Lipinski definition) is 4. The number of hydrogen-bond donors (Lipinski definition) is 0. The zero-order valence-electron chi connectivity index (χ0n) is 4.63. The van der Waals surface area contributed by atoms with Gasteiger partial charge in [-0.25, -0.2) is 4.98 Å². The minimum absolute atomic E-state index is 0.109. The zero-order valence-corrected chi connectivity index (χ0v) is 6.20. The fraction of sp³-hybridized carbons (Fsp3) is 0. The molecule has 0 fully saturated rings. The van der Waals surface area contributed by atoms with Gasteiger partial charge in [-0.1, -0.05) is 22.9 Å². The van der Waals surface area contributed by atoms with Crippen molar-refractivity contribution in [3.05, 3.63) is 15.0 Å². The van der Waals surface area contributed by atoms with Gasteiger partial charge in [0.05, 0.1) is 0 Å². The predicted molar refractivity (Wildman–Crippen MR) is 36.6 cm³/mol. The van der Waals surface area contributed by atoms with Crippen molar-refractivity contribution in [3.63, 3.8) is 0 Å². The van der Waals surface area contributed by atoms with E-state index in [-0.39, 0.29) is 15.0 Å². The van der Waals surface area contributed by atoms with Crippen molar-refractivity contribution in [2.75, 3.05) is 0 Å². The highest BCUT2D eigenvalue weighted by Crippen LogP contribution is 2.20. The molecule has 3 nitrogen and oxygen atoms in total. The zero-order chi connectivity index (χ0) is 7.56. The summed E-state index contributed by atoms with van der Waals surface area (Å²) in [5.74, 6) is 0. The first-order valence-corrected chi connectivity index (χ1v) is 3.44. The molecule has 0 aliphatic heterocycles. The molecule has 1 rings (SSSR count). The maximum Gasteiger partial charge on any atom is 0.186 e. The molecule has 0 radical (unpaired) electrons. The van der Waals surface area contributed by atoms with Gasteiger partial charge >= 0.3 is 0 Å². The molecule has 0 aliphatic rings. The standard InChI is InChI=1S/C5ClN3S/c6-5-9-3(1-7)4(2-8)10-5. The molecule has 0 spiro atoms. The summed E-state index contributed by atoms with van der Waals surface area (Å²) >= 11 is 6.44. The van der Waals surface area contributed by atoms with Gasteiger partial charge in [-0.3, -0.25) is 0 Å². The Morgan fingerprint density at radius 2 is 2.10 bits per heavy atom. The molecule has 10 heavy (non-hydrogen) atoms. The monoisotopic (exact) mass is 169 g/mol. The van der Waals surface area contributed by atoms with E-state index in [0.717, 1.165) is 11.3 Å². The van der Waals surface area contributed by atoms with Crippen LogP contribution in [-0.2, 0) is 0 Å². The molecule has 1 heterocycles. The number of rotatable bonds is 0. The average Bonchev–Trinajstić information content (AvgIpc) is 2.30. The summed E-state index contributed by atoms with van der Waals surface area (Å²) in [7, 11) is 0. The minimum atomic E-state index is 0.109. The van der Waals surface area contributed by atoms with Crippen molar-refractivity contribution in [3.8, 4) is 12.1 Å². The van der Waals surface area contributed by atoms with Crippen LogP contribution in [0.5, 0.6) is 0 Å².